The average Bonchev–Trinajstić information content (AvgIpc) is 2.78. The Bertz CT molecular complexity index is 236. The zero-order chi connectivity index (χ0) is 11.4. The van der Waals surface area contributed by atoms with Gasteiger partial charge in [0.25, 0.3) is 0 Å². The molecule has 2 rings (SSSR count). The number of hydrogen-bond donors (Lipinski definition) is 0. The van der Waals surface area contributed by atoms with E-state index in [2.05, 4.69) is 4.90 Å². The minimum absolute atomic E-state index is 0.0321. The number of piperidine rings is 1. The molecular weight excluding hydrogens is 202 g/mol. The van der Waals surface area contributed by atoms with Crippen LogP contribution in [-0.2, 0) is 9.53 Å². The van der Waals surface area contributed by atoms with E-state index in [0.29, 0.717) is 6.10 Å². The molecule has 3 heteroatoms. The third-order valence-electron chi connectivity index (χ3n) is 4.18. The van der Waals surface area contributed by atoms with Crippen LogP contribution < -0.4 is 0 Å². The van der Waals surface area contributed by atoms with Gasteiger partial charge in [-0.1, -0.05) is 12.8 Å². The Morgan fingerprint density at radius 1 is 1.38 bits per heavy atom. The molecule has 0 amide bonds. The standard InChI is InChI=1S/C13H23NO2/c1-16-12-5-4-8-14(9-12)10-13(11-15)6-2-3-7-13/h11-12H,2-10H2,1H3. The predicted molar refractivity (Wildman–Crippen MR) is 63.4 cm³/mol. The van der Waals surface area contributed by atoms with Crippen molar-refractivity contribution in [1.82, 2.24) is 4.90 Å². The van der Waals surface area contributed by atoms with Crippen LogP contribution in [0.3, 0.4) is 0 Å². The summed E-state index contributed by atoms with van der Waals surface area (Å²) < 4.78 is 5.42. The van der Waals surface area contributed by atoms with Crippen LogP contribution in [-0.4, -0.2) is 44.0 Å². The summed E-state index contributed by atoms with van der Waals surface area (Å²) in [4.78, 5) is 13.7. The fourth-order valence-electron chi connectivity index (χ4n) is 3.19. The minimum atomic E-state index is -0.0321. The van der Waals surface area contributed by atoms with Crippen molar-refractivity contribution in [2.24, 2.45) is 5.41 Å². The summed E-state index contributed by atoms with van der Waals surface area (Å²) in [5, 5.41) is 0. The molecule has 1 atom stereocenters. The van der Waals surface area contributed by atoms with Gasteiger partial charge in [0.15, 0.2) is 0 Å². The topological polar surface area (TPSA) is 29.5 Å². The molecule has 0 bridgehead atoms. The minimum Gasteiger partial charge on any atom is -0.380 e. The van der Waals surface area contributed by atoms with Crippen molar-refractivity contribution in [3.05, 3.63) is 0 Å². The van der Waals surface area contributed by atoms with E-state index in [0.717, 1.165) is 32.5 Å². The molecule has 2 aliphatic rings. The predicted octanol–water partition coefficient (Wildman–Crippen LogP) is 1.86. The smallest absolute Gasteiger partial charge is 0.127 e. The molecule has 1 saturated heterocycles. The number of rotatable bonds is 4. The lowest BCUT2D eigenvalue weighted by atomic mass is 9.87. The molecule has 0 aromatic carbocycles. The number of methoxy groups -OCH3 is 1. The van der Waals surface area contributed by atoms with Gasteiger partial charge < -0.3 is 9.53 Å². The zero-order valence-electron chi connectivity index (χ0n) is 10.3. The summed E-state index contributed by atoms with van der Waals surface area (Å²) >= 11 is 0. The summed E-state index contributed by atoms with van der Waals surface area (Å²) in [7, 11) is 1.79. The third kappa shape index (κ3) is 2.64. The van der Waals surface area contributed by atoms with Crippen LogP contribution in [0.4, 0.5) is 0 Å². The Balaban J connectivity index is 1.90. The van der Waals surface area contributed by atoms with Gasteiger partial charge >= 0.3 is 0 Å². The molecule has 92 valence electrons. The van der Waals surface area contributed by atoms with Crippen molar-refractivity contribution in [3.8, 4) is 0 Å². The van der Waals surface area contributed by atoms with E-state index >= 15 is 0 Å². The first-order chi connectivity index (χ1) is 7.78. The van der Waals surface area contributed by atoms with E-state index in [4.69, 9.17) is 4.74 Å². The van der Waals surface area contributed by atoms with Crippen molar-refractivity contribution < 1.29 is 9.53 Å². The maximum absolute atomic E-state index is 11.3. The summed E-state index contributed by atoms with van der Waals surface area (Å²) in [5.41, 5.74) is -0.0321. The van der Waals surface area contributed by atoms with Crippen LogP contribution in [0.1, 0.15) is 38.5 Å². The number of aldehydes is 1. The van der Waals surface area contributed by atoms with E-state index in [1.54, 1.807) is 7.11 Å². The van der Waals surface area contributed by atoms with E-state index in [-0.39, 0.29) is 5.41 Å². The van der Waals surface area contributed by atoms with Gasteiger partial charge in [-0.2, -0.15) is 0 Å². The molecule has 2 fully saturated rings. The lowest BCUT2D eigenvalue weighted by Gasteiger charge is -2.36. The summed E-state index contributed by atoms with van der Waals surface area (Å²) in [6, 6.07) is 0. The average molecular weight is 225 g/mol. The van der Waals surface area contributed by atoms with Gasteiger partial charge in [0, 0.05) is 25.6 Å². The summed E-state index contributed by atoms with van der Waals surface area (Å²) in [6.07, 6.45) is 8.58. The molecule has 1 saturated carbocycles. The van der Waals surface area contributed by atoms with E-state index in [9.17, 15) is 4.79 Å². The highest BCUT2D eigenvalue weighted by Crippen LogP contribution is 2.37. The van der Waals surface area contributed by atoms with E-state index in [1.807, 2.05) is 0 Å². The normalized spacial score (nSPS) is 30.4. The first-order valence-corrected chi connectivity index (χ1v) is 6.49. The number of carbonyl (C=O) groups is 1. The second kappa shape index (κ2) is 5.28. The molecule has 1 unspecified atom stereocenters. The van der Waals surface area contributed by atoms with E-state index < -0.39 is 0 Å². The van der Waals surface area contributed by atoms with E-state index in [1.165, 1.54) is 32.0 Å². The fourth-order valence-corrected chi connectivity index (χ4v) is 3.19. The Labute approximate surface area is 98.1 Å². The quantitative estimate of drug-likeness (QED) is 0.684. The maximum atomic E-state index is 11.3. The number of likely N-dealkylation sites (tertiary alicyclic amines) is 1. The van der Waals surface area contributed by atoms with Gasteiger partial charge in [-0.25, -0.2) is 0 Å². The molecule has 1 aliphatic heterocycles. The van der Waals surface area contributed by atoms with Gasteiger partial charge in [0.1, 0.15) is 6.29 Å². The zero-order valence-corrected chi connectivity index (χ0v) is 10.3. The van der Waals surface area contributed by atoms with Gasteiger partial charge in [0.2, 0.25) is 0 Å². The Kier molecular flexibility index (Phi) is 3.98. The van der Waals surface area contributed by atoms with Crippen LogP contribution in [0.5, 0.6) is 0 Å². The SMILES string of the molecule is COC1CCCN(CC2(C=O)CCCC2)C1. The molecule has 0 spiro atoms. The maximum Gasteiger partial charge on any atom is 0.127 e. The van der Waals surface area contributed by atoms with Gasteiger partial charge in [-0.15, -0.1) is 0 Å². The van der Waals surface area contributed by atoms with Crippen molar-refractivity contribution in [2.45, 2.75) is 44.6 Å². The van der Waals surface area contributed by atoms with Gasteiger partial charge in [-0.3, -0.25) is 4.90 Å². The summed E-state index contributed by atoms with van der Waals surface area (Å²) in [6.45, 7) is 3.10. The second-order valence-electron chi connectivity index (χ2n) is 5.42. The first-order valence-electron chi connectivity index (χ1n) is 6.49. The van der Waals surface area contributed by atoms with Crippen molar-refractivity contribution in [3.63, 3.8) is 0 Å². The molecule has 0 N–H and O–H groups in total. The molecule has 0 aromatic rings. The Hall–Kier alpha value is -0.410. The highest BCUT2D eigenvalue weighted by Gasteiger charge is 2.36. The molecule has 3 nitrogen and oxygen atoms in total. The van der Waals surface area contributed by atoms with Crippen LogP contribution >= 0.6 is 0 Å². The number of carbonyl (C=O) groups excluding carboxylic acids is 1. The van der Waals surface area contributed by atoms with Gasteiger partial charge in [0.05, 0.1) is 6.10 Å². The monoisotopic (exact) mass is 225 g/mol. The molecular formula is C13H23NO2. The number of nitrogens with zero attached hydrogens (tertiary/aromatic N) is 1. The first kappa shape index (κ1) is 12.1. The third-order valence-corrected chi connectivity index (χ3v) is 4.18. The van der Waals surface area contributed by atoms with Crippen LogP contribution in [0.25, 0.3) is 0 Å². The molecule has 16 heavy (non-hydrogen) atoms. The van der Waals surface area contributed by atoms with Crippen molar-refractivity contribution in [1.29, 1.82) is 0 Å². The fraction of sp³-hybridized carbons (Fsp3) is 0.923. The lowest BCUT2D eigenvalue weighted by Crippen LogP contribution is -2.45. The highest BCUT2D eigenvalue weighted by atomic mass is 16.5. The largest absolute Gasteiger partial charge is 0.380 e. The molecule has 1 aliphatic carbocycles. The van der Waals surface area contributed by atoms with Crippen molar-refractivity contribution in [2.75, 3.05) is 26.7 Å². The Morgan fingerprint density at radius 2 is 2.12 bits per heavy atom. The number of hydrogen-bond acceptors (Lipinski definition) is 3. The molecule has 0 radical (unpaired) electrons. The molecule has 1 heterocycles. The lowest BCUT2D eigenvalue weighted by molar-refractivity contribution is -0.117. The molecule has 0 aromatic heterocycles. The van der Waals surface area contributed by atoms with Crippen LogP contribution in [0, 0.1) is 5.41 Å². The Morgan fingerprint density at radius 3 is 2.75 bits per heavy atom. The number of ether oxygens (including phenoxy) is 1. The summed E-state index contributed by atoms with van der Waals surface area (Å²) in [5.74, 6) is 0. The highest BCUT2D eigenvalue weighted by molar-refractivity contribution is 5.60. The van der Waals surface area contributed by atoms with Crippen LogP contribution in [0.2, 0.25) is 0 Å². The van der Waals surface area contributed by atoms with Crippen molar-refractivity contribution >= 4 is 6.29 Å². The van der Waals surface area contributed by atoms with Crippen LogP contribution in [0.15, 0.2) is 0 Å². The van der Waals surface area contributed by atoms with Gasteiger partial charge in [-0.05, 0) is 32.2 Å². The second-order valence-corrected chi connectivity index (χ2v) is 5.42.